The number of nitrogens with zero attached hydrogens (tertiary/aromatic N) is 1. The van der Waals surface area contributed by atoms with Crippen molar-refractivity contribution in [1.29, 1.82) is 0 Å². The zero-order valence-electron chi connectivity index (χ0n) is 7.81. The van der Waals surface area contributed by atoms with E-state index < -0.39 is 0 Å². The van der Waals surface area contributed by atoms with Crippen LogP contribution in [0.2, 0.25) is 0 Å². The summed E-state index contributed by atoms with van der Waals surface area (Å²) in [6.45, 7) is 0. The molecule has 1 aromatic carbocycles. The molecule has 0 saturated heterocycles. The molecule has 0 radical (unpaired) electrons. The number of oxazole rings is 1. The third-order valence-electron chi connectivity index (χ3n) is 1.99. The summed E-state index contributed by atoms with van der Waals surface area (Å²) in [7, 11) is 0. The lowest BCUT2D eigenvalue weighted by molar-refractivity contribution is 0.109. The first-order chi connectivity index (χ1) is 7.29. The number of carbonyl (C=O) groups is 1. The van der Waals surface area contributed by atoms with Crippen molar-refractivity contribution in [1.82, 2.24) is 4.98 Å². The molecule has 1 heterocycles. The molecule has 0 aliphatic rings. The molecule has 0 spiro atoms. The molecule has 0 unspecified atom stereocenters. The number of rotatable bonds is 3. The Bertz CT molecular complexity index is 479. The molecule has 0 fully saturated rings. The van der Waals surface area contributed by atoms with Crippen LogP contribution in [-0.2, 0) is 6.42 Å². The van der Waals surface area contributed by atoms with Gasteiger partial charge >= 0.3 is 0 Å². The van der Waals surface area contributed by atoms with Gasteiger partial charge in [-0.2, -0.15) is 0 Å². The lowest BCUT2D eigenvalue weighted by Gasteiger charge is -1.99. The van der Waals surface area contributed by atoms with E-state index in [1.807, 2.05) is 24.3 Å². The summed E-state index contributed by atoms with van der Waals surface area (Å²) in [6.07, 6.45) is 2.66. The number of hydrogen-bond acceptors (Lipinski definition) is 3. The summed E-state index contributed by atoms with van der Waals surface area (Å²) < 4.78 is 6.20. The van der Waals surface area contributed by atoms with Crippen LogP contribution in [0.4, 0.5) is 0 Å². The molecule has 0 atom stereocenters. The van der Waals surface area contributed by atoms with Crippen molar-refractivity contribution in [2.24, 2.45) is 0 Å². The zero-order valence-corrected chi connectivity index (χ0v) is 9.40. The predicted octanol–water partition coefficient (Wildman–Crippen LogP) is 2.84. The summed E-state index contributed by atoms with van der Waals surface area (Å²) in [5.74, 6) is 0.807. The Labute approximate surface area is 95.3 Å². The zero-order chi connectivity index (χ0) is 10.7. The van der Waals surface area contributed by atoms with Gasteiger partial charge in [0.15, 0.2) is 17.9 Å². The van der Waals surface area contributed by atoms with Gasteiger partial charge in [-0.25, -0.2) is 4.98 Å². The Morgan fingerprint density at radius 1 is 1.40 bits per heavy atom. The second kappa shape index (κ2) is 4.40. The highest BCUT2D eigenvalue weighted by Gasteiger charge is 2.06. The molecule has 0 N–H and O–H groups in total. The van der Waals surface area contributed by atoms with E-state index in [9.17, 15) is 4.79 Å². The molecule has 15 heavy (non-hydrogen) atoms. The highest BCUT2D eigenvalue weighted by molar-refractivity contribution is 9.10. The summed E-state index contributed by atoms with van der Waals surface area (Å²) in [4.78, 5) is 14.4. The van der Waals surface area contributed by atoms with E-state index in [1.54, 1.807) is 0 Å². The van der Waals surface area contributed by atoms with E-state index in [0.29, 0.717) is 18.6 Å². The Morgan fingerprint density at radius 3 is 2.87 bits per heavy atom. The van der Waals surface area contributed by atoms with Crippen LogP contribution in [0.1, 0.15) is 22.0 Å². The quantitative estimate of drug-likeness (QED) is 0.802. The molecule has 2 rings (SSSR count). The largest absolute Gasteiger partial charge is 0.438 e. The summed E-state index contributed by atoms with van der Waals surface area (Å²) >= 11 is 3.44. The molecule has 3 nitrogen and oxygen atoms in total. The van der Waals surface area contributed by atoms with Crippen LogP contribution >= 0.6 is 15.9 Å². The second-order valence-corrected chi connectivity index (χ2v) is 3.90. The second-order valence-electron chi connectivity index (χ2n) is 3.04. The van der Waals surface area contributed by atoms with Crippen LogP contribution in [0.3, 0.4) is 0 Å². The Morgan fingerprint density at radius 2 is 2.20 bits per heavy atom. The minimum absolute atomic E-state index is 0.261. The van der Waals surface area contributed by atoms with Gasteiger partial charge in [0.05, 0.1) is 12.6 Å². The van der Waals surface area contributed by atoms with Crippen molar-refractivity contribution >= 4 is 22.2 Å². The Hall–Kier alpha value is -1.42. The summed E-state index contributed by atoms with van der Waals surface area (Å²) in [5, 5.41) is 0. The average Bonchev–Trinajstić information content (AvgIpc) is 2.69. The molecule has 2 aromatic rings. The molecule has 0 bridgehead atoms. The third kappa shape index (κ3) is 2.33. The van der Waals surface area contributed by atoms with Gasteiger partial charge in [0.25, 0.3) is 0 Å². The van der Waals surface area contributed by atoms with Crippen LogP contribution < -0.4 is 0 Å². The standard InChI is InChI=1S/C11H8BrNO2/c12-10-4-2-1-3-8(10)5-11-13-6-9(7-14)15-11/h1-4,6-7H,5H2. The highest BCUT2D eigenvalue weighted by atomic mass is 79.9. The molecular weight excluding hydrogens is 258 g/mol. The molecule has 0 aliphatic heterocycles. The van der Waals surface area contributed by atoms with Crippen molar-refractivity contribution < 1.29 is 9.21 Å². The topological polar surface area (TPSA) is 43.1 Å². The fourth-order valence-corrected chi connectivity index (χ4v) is 1.69. The number of benzene rings is 1. The normalized spacial score (nSPS) is 10.2. The fraction of sp³-hybridized carbons (Fsp3) is 0.0909. The molecular formula is C11H8BrNO2. The van der Waals surface area contributed by atoms with Crippen LogP contribution in [0.15, 0.2) is 39.4 Å². The molecule has 1 aromatic heterocycles. The van der Waals surface area contributed by atoms with E-state index in [0.717, 1.165) is 10.0 Å². The summed E-state index contributed by atoms with van der Waals surface area (Å²) in [6, 6.07) is 7.83. The first kappa shape index (κ1) is 10.1. The van der Waals surface area contributed by atoms with Gasteiger partial charge in [-0.1, -0.05) is 34.1 Å². The minimum Gasteiger partial charge on any atom is -0.438 e. The lowest BCUT2D eigenvalue weighted by atomic mass is 10.1. The number of aldehydes is 1. The monoisotopic (exact) mass is 265 g/mol. The van der Waals surface area contributed by atoms with E-state index in [-0.39, 0.29) is 5.76 Å². The lowest BCUT2D eigenvalue weighted by Crippen LogP contribution is -1.88. The van der Waals surface area contributed by atoms with Gasteiger partial charge in [0.1, 0.15) is 0 Å². The van der Waals surface area contributed by atoms with Gasteiger partial charge < -0.3 is 4.42 Å². The third-order valence-corrected chi connectivity index (χ3v) is 2.76. The maximum Gasteiger partial charge on any atom is 0.199 e. The van der Waals surface area contributed by atoms with Gasteiger partial charge in [-0.05, 0) is 11.6 Å². The van der Waals surface area contributed by atoms with Crippen molar-refractivity contribution in [2.75, 3.05) is 0 Å². The number of aromatic nitrogens is 1. The van der Waals surface area contributed by atoms with Gasteiger partial charge in [-0.15, -0.1) is 0 Å². The molecule has 76 valence electrons. The van der Waals surface area contributed by atoms with Crippen LogP contribution in [-0.4, -0.2) is 11.3 Å². The van der Waals surface area contributed by atoms with E-state index >= 15 is 0 Å². The molecule has 0 saturated carbocycles. The van der Waals surface area contributed by atoms with Crippen LogP contribution in [0.25, 0.3) is 0 Å². The molecule has 0 aliphatic carbocycles. The molecule has 0 amide bonds. The van der Waals surface area contributed by atoms with E-state index in [1.165, 1.54) is 6.20 Å². The van der Waals surface area contributed by atoms with Crippen molar-refractivity contribution in [3.63, 3.8) is 0 Å². The van der Waals surface area contributed by atoms with Crippen LogP contribution in [0.5, 0.6) is 0 Å². The number of carbonyl (C=O) groups excluding carboxylic acids is 1. The Balaban J connectivity index is 2.22. The van der Waals surface area contributed by atoms with Crippen molar-refractivity contribution in [3.8, 4) is 0 Å². The first-order valence-corrected chi connectivity index (χ1v) is 5.22. The van der Waals surface area contributed by atoms with Gasteiger partial charge in [-0.3, -0.25) is 4.79 Å². The average molecular weight is 266 g/mol. The predicted molar refractivity (Wildman–Crippen MR) is 58.8 cm³/mol. The smallest absolute Gasteiger partial charge is 0.199 e. The number of halogens is 1. The maximum atomic E-state index is 10.4. The first-order valence-electron chi connectivity index (χ1n) is 4.43. The van der Waals surface area contributed by atoms with Gasteiger partial charge in [0.2, 0.25) is 0 Å². The van der Waals surface area contributed by atoms with E-state index in [2.05, 4.69) is 20.9 Å². The minimum atomic E-state index is 0.261. The maximum absolute atomic E-state index is 10.4. The van der Waals surface area contributed by atoms with Crippen LogP contribution in [0, 0.1) is 0 Å². The fourth-order valence-electron chi connectivity index (χ4n) is 1.27. The van der Waals surface area contributed by atoms with Gasteiger partial charge in [0, 0.05) is 4.47 Å². The van der Waals surface area contributed by atoms with Crippen molar-refractivity contribution in [2.45, 2.75) is 6.42 Å². The van der Waals surface area contributed by atoms with E-state index in [4.69, 9.17) is 4.42 Å². The Kier molecular flexibility index (Phi) is 2.97. The number of hydrogen-bond donors (Lipinski definition) is 0. The highest BCUT2D eigenvalue weighted by Crippen LogP contribution is 2.19. The summed E-state index contributed by atoms with van der Waals surface area (Å²) in [5.41, 5.74) is 1.08. The van der Waals surface area contributed by atoms with Crippen molar-refractivity contribution in [3.05, 3.63) is 52.1 Å². The molecule has 4 heteroatoms. The SMILES string of the molecule is O=Cc1cnc(Cc2ccccc2Br)o1.